The van der Waals surface area contributed by atoms with Gasteiger partial charge < -0.3 is 4.90 Å². The summed E-state index contributed by atoms with van der Waals surface area (Å²) in [5.74, 6) is 0.192. The molecule has 0 bridgehead atoms. The predicted octanol–water partition coefficient (Wildman–Crippen LogP) is 2.24. The minimum absolute atomic E-state index is 0.0869. The Morgan fingerprint density at radius 1 is 1.33 bits per heavy atom. The fourth-order valence-corrected chi connectivity index (χ4v) is 1.90. The Balaban J connectivity index is 2.12. The molecule has 15 heavy (non-hydrogen) atoms. The van der Waals surface area contributed by atoms with Crippen molar-refractivity contribution in [1.29, 1.82) is 0 Å². The van der Waals surface area contributed by atoms with Crippen molar-refractivity contribution in [2.45, 2.75) is 13.3 Å². The fourth-order valence-electron chi connectivity index (χ4n) is 1.90. The van der Waals surface area contributed by atoms with Gasteiger partial charge in [-0.15, -0.1) is 0 Å². The highest BCUT2D eigenvalue weighted by atomic mass is 19.1. The smallest absolute Gasteiger partial charge is 0.139 e. The van der Waals surface area contributed by atoms with Gasteiger partial charge in [0.25, 0.3) is 0 Å². The molecule has 1 heterocycles. The summed E-state index contributed by atoms with van der Waals surface area (Å²) < 4.78 is 12.7. The Bertz CT molecular complexity index is 360. The first-order chi connectivity index (χ1) is 7.16. The third-order valence-corrected chi connectivity index (χ3v) is 2.86. The van der Waals surface area contributed by atoms with E-state index in [4.69, 9.17) is 0 Å². The van der Waals surface area contributed by atoms with Gasteiger partial charge in [-0.1, -0.05) is 6.92 Å². The van der Waals surface area contributed by atoms with Gasteiger partial charge in [0.05, 0.1) is 0 Å². The van der Waals surface area contributed by atoms with E-state index in [9.17, 15) is 9.18 Å². The molecule has 2 rings (SSSR count). The van der Waals surface area contributed by atoms with Crippen LogP contribution in [0.5, 0.6) is 0 Å². The van der Waals surface area contributed by atoms with Crippen LogP contribution in [0.1, 0.15) is 13.3 Å². The van der Waals surface area contributed by atoms with Crippen LogP contribution in [-0.4, -0.2) is 18.9 Å². The Kier molecular flexibility index (Phi) is 2.71. The number of hydrogen-bond donors (Lipinski definition) is 0. The average Bonchev–Trinajstić information content (AvgIpc) is 2.23. The monoisotopic (exact) mass is 207 g/mol. The zero-order valence-electron chi connectivity index (χ0n) is 8.74. The summed E-state index contributed by atoms with van der Waals surface area (Å²) in [5, 5.41) is 0. The van der Waals surface area contributed by atoms with Crippen LogP contribution in [0.25, 0.3) is 0 Å². The summed E-state index contributed by atoms with van der Waals surface area (Å²) in [4.78, 5) is 13.5. The van der Waals surface area contributed by atoms with Gasteiger partial charge in [0.15, 0.2) is 0 Å². The number of halogens is 1. The van der Waals surface area contributed by atoms with Crippen molar-refractivity contribution in [3.63, 3.8) is 0 Å². The lowest BCUT2D eigenvalue weighted by Crippen LogP contribution is -2.39. The predicted molar refractivity (Wildman–Crippen MR) is 57.4 cm³/mol. The van der Waals surface area contributed by atoms with Crippen LogP contribution in [-0.2, 0) is 4.79 Å². The van der Waals surface area contributed by atoms with Crippen LogP contribution >= 0.6 is 0 Å². The molecule has 3 heteroatoms. The molecule has 0 aromatic heterocycles. The third-order valence-electron chi connectivity index (χ3n) is 2.86. The number of Topliss-reactive ketones (excluding diaryl/α,β-unsaturated/α-hetero) is 1. The lowest BCUT2D eigenvalue weighted by molar-refractivity contribution is -0.122. The fraction of sp³-hybridized carbons (Fsp3) is 0.417. The van der Waals surface area contributed by atoms with Gasteiger partial charge in [-0.25, -0.2) is 4.39 Å². The molecular weight excluding hydrogens is 193 g/mol. The highest BCUT2D eigenvalue weighted by molar-refractivity contribution is 5.83. The largest absolute Gasteiger partial charge is 0.370 e. The van der Waals surface area contributed by atoms with Crippen molar-refractivity contribution in [3.05, 3.63) is 30.1 Å². The van der Waals surface area contributed by atoms with Crippen molar-refractivity contribution in [2.75, 3.05) is 18.0 Å². The summed E-state index contributed by atoms with van der Waals surface area (Å²) in [6, 6.07) is 6.43. The van der Waals surface area contributed by atoms with Crippen LogP contribution in [0.15, 0.2) is 24.3 Å². The van der Waals surface area contributed by atoms with Gasteiger partial charge in [-0.05, 0) is 24.3 Å². The van der Waals surface area contributed by atoms with Crippen LogP contribution in [0.3, 0.4) is 0 Å². The van der Waals surface area contributed by atoms with Gasteiger partial charge in [0.1, 0.15) is 11.6 Å². The first-order valence-corrected chi connectivity index (χ1v) is 5.20. The maximum atomic E-state index is 12.7. The number of carbonyl (C=O) groups excluding carboxylic acids is 1. The third kappa shape index (κ3) is 2.17. The quantitative estimate of drug-likeness (QED) is 0.704. The highest BCUT2D eigenvalue weighted by Gasteiger charge is 2.23. The molecule has 0 amide bonds. The number of anilines is 1. The number of nitrogens with zero attached hydrogens (tertiary/aromatic N) is 1. The average molecular weight is 207 g/mol. The summed E-state index contributed by atoms with van der Waals surface area (Å²) in [5.41, 5.74) is 0.996. The van der Waals surface area contributed by atoms with E-state index < -0.39 is 0 Å². The number of benzene rings is 1. The molecule has 1 aromatic rings. The van der Waals surface area contributed by atoms with Crippen molar-refractivity contribution in [2.24, 2.45) is 5.92 Å². The molecule has 1 aromatic carbocycles. The first-order valence-electron chi connectivity index (χ1n) is 5.20. The number of carbonyl (C=O) groups is 1. The Morgan fingerprint density at radius 3 is 2.60 bits per heavy atom. The van der Waals surface area contributed by atoms with Crippen LogP contribution < -0.4 is 4.90 Å². The van der Waals surface area contributed by atoms with Crippen molar-refractivity contribution in [1.82, 2.24) is 0 Å². The van der Waals surface area contributed by atoms with E-state index >= 15 is 0 Å². The Labute approximate surface area is 88.7 Å². The zero-order chi connectivity index (χ0) is 10.8. The molecule has 0 radical (unpaired) electrons. The lowest BCUT2D eigenvalue weighted by atomic mass is 9.98. The van der Waals surface area contributed by atoms with E-state index in [-0.39, 0.29) is 11.7 Å². The van der Waals surface area contributed by atoms with E-state index in [1.165, 1.54) is 12.1 Å². The van der Waals surface area contributed by atoms with E-state index in [1.807, 2.05) is 6.92 Å². The van der Waals surface area contributed by atoms with Crippen molar-refractivity contribution >= 4 is 11.5 Å². The minimum atomic E-state index is -0.222. The number of piperidine rings is 1. The van der Waals surface area contributed by atoms with E-state index in [1.54, 1.807) is 12.1 Å². The molecule has 1 aliphatic heterocycles. The Morgan fingerprint density at radius 2 is 2.00 bits per heavy atom. The molecule has 0 aliphatic carbocycles. The molecule has 0 saturated carbocycles. The van der Waals surface area contributed by atoms with E-state index in [0.29, 0.717) is 12.2 Å². The molecule has 1 atom stereocenters. The molecule has 0 N–H and O–H groups in total. The van der Waals surface area contributed by atoms with Crippen LogP contribution in [0.2, 0.25) is 0 Å². The van der Waals surface area contributed by atoms with E-state index in [2.05, 4.69) is 4.90 Å². The lowest BCUT2D eigenvalue weighted by Gasteiger charge is -2.31. The summed E-state index contributed by atoms with van der Waals surface area (Å²) >= 11 is 0. The topological polar surface area (TPSA) is 20.3 Å². The van der Waals surface area contributed by atoms with Gasteiger partial charge in [-0.2, -0.15) is 0 Å². The number of rotatable bonds is 1. The first kappa shape index (κ1) is 10.1. The van der Waals surface area contributed by atoms with Gasteiger partial charge in [0, 0.05) is 31.1 Å². The van der Waals surface area contributed by atoms with E-state index in [0.717, 1.165) is 18.8 Å². The van der Waals surface area contributed by atoms with Crippen LogP contribution in [0.4, 0.5) is 10.1 Å². The molecule has 2 nitrogen and oxygen atoms in total. The SMILES string of the molecule is CC1CN(c2ccc(F)cc2)CCC1=O. The molecule has 1 fully saturated rings. The normalized spacial score (nSPS) is 21.9. The molecule has 0 spiro atoms. The second-order valence-electron chi connectivity index (χ2n) is 4.04. The van der Waals surface area contributed by atoms with Crippen molar-refractivity contribution < 1.29 is 9.18 Å². The maximum absolute atomic E-state index is 12.7. The van der Waals surface area contributed by atoms with Gasteiger partial charge in [0.2, 0.25) is 0 Å². The Hall–Kier alpha value is -1.38. The number of ketones is 1. The minimum Gasteiger partial charge on any atom is -0.370 e. The van der Waals surface area contributed by atoms with Gasteiger partial charge >= 0.3 is 0 Å². The number of hydrogen-bond acceptors (Lipinski definition) is 2. The summed E-state index contributed by atoms with van der Waals surface area (Å²) in [7, 11) is 0. The molecule has 80 valence electrons. The summed E-state index contributed by atoms with van der Waals surface area (Å²) in [6.45, 7) is 3.43. The van der Waals surface area contributed by atoms with Crippen molar-refractivity contribution in [3.8, 4) is 0 Å². The molecular formula is C12H14FNO. The maximum Gasteiger partial charge on any atom is 0.139 e. The molecule has 1 unspecified atom stereocenters. The van der Waals surface area contributed by atoms with Gasteiger partial charge in [-0.3, -0.25) is 4.79 Å². The van der Waals surface area contributed by atoms with Crippen LogP contribution in [0, 0.1) is 11.7 Å². The summed E-state index contributed by atoms with van der Waals surface area (Å²) in [6.07, 6.45) is 0.596. The second-order valence-corrected chi connectivity index (χ2v) is 4.04. The highest BCUT2D eigenvalue weighted by Crippen LogP contribution is 2.21. The molecule has 1 aliphatic rings. The molecule has 1 saturated heterocycles. The standard InChI is InChI=1S/C12H14FNO/c1-9-8-14(7-6-12(9)15)11-4-2-10(13)3-5-11/h2-5,9H,6-8H2,1H3. The zero-order valence-corrected chi connectivity index (χ0v) is 8.74. The second kappa shape index (κ2) is 4.01.